The summed E-state index contributed by atoms with van der Waals surface area (Å²) in [6.45, 7) is 2.26. The van der Waals surface area contributed by atoms with Crippen molar-refractivity contribution in [2.75, 3.05) is 16.9 Å². The number of anilines is 2. The highest BCUT2D eigenvalue weighted by Crippen LogP contribution is 2.18. The second-order valence-corrected chi connectivity index (χ2v) is 4.71. The maximum absolute atomic E-state index is 13.5. The third-order valence-electron chi connectivity index (χ3n) is 3.09. The molecule has 2 rings (SSSR count). The fraction of sp³-hybridized carbons (Fsp3) is 0.188. The summed E-state index contributed by atoms with van der Waals surface area (Å²) in [5, 5.41) is 3.77. The quantitative estimate of drug-likeness (QED) is 0.503. The summed E-state index contributed by atoms with van der Waals surface area (Å²) >= 11 is 0. The summed E-state index contributed by atoms with van der Waals surface area (Å²) < 4.78 is 31.1. The van der Waals surface area contributed by atoms with Crippen LogP contribution in [0.5, 0.6) is 0 Å². The molecule has 0 aliphatic rings. The molecule has 0 spiro atoms. The summed E-state index contributed by atoms with van der Waals surface area (Å²) in [7, 11) is 0. The van der Waals surface area contributed by atoms with Crippen LogP contribution in [-0.4, -0.2) is 12.7 Å². The molecule has 0 unspecified atom stereocenters. The van der Waals surface area contributed by atoms with E-state index in [0.29, 0.717) is 12.2 Å². The van der Waals surface area contributed by atoms with E-state index < -0.39 is 17.7 Å². The van der Waals surface area contributed by atoms with Crippen molar-refractivity contribution in [2.24, 2.45) is 5.84 Å². The second-order valence-electron chi connectivity index (χ2n) is 4.71. The smallest absolute Gasteiger partial charge is 0.428 e. The molecule has 2 aromatic carbocycles. The Labute approximate surface area is 132 Å². The zero-order chi connectivity index (χ0) is 16.8. The highest BCUT2D eigenvalue weighted by Gasteiger charge is 2.12. The number of rotatable bonds is 5. The molecule has 0 aliphatic heterocycles. The molecule has 0 heterocycles. The predicted molar refractivity (Wildman–Crippen MR) is 83.8 cm³/mol. The number of benzene rings is 2. The zero-order valence-electron chi connectivity index (χ0n) is 12.6. The summed E-state index contributed by atoms with van der Waals surface area (Å²) in [6.07, 6.45) is -0.647. The van der Waals surface area contributed by atoms with Gasteiger partial charge in [0.25, 0.3) is 0 Å². The Kier molecular flexibility index (Phi) is 5.48. The number of ether oxygens (including phenoxy) is 1. The molecule has 0 saturated heterocycles. The summed E-state index contributed by atoms with van der Waals surface area (Å²) in [5.74, 6) is 4.35. The largest absolute Gasteiger partial charge is 0.449 e. The molecule has 0 bridgehead atoms. The number of hydrogen-bond donors (Lipinski definition) is 2. The lowest BCUT2D eigenvalue weighted by Crippen LogP contribution is -2.37. The molecule has 0 aromatic heterocycles. The number of hydrogen-bond acceptors (Lipinski definition) is 4. The van der Waals surface area contributed by atoms with Crippen molar-refractivity contribution in [1.82, 2.24) is 0 Å². The lowest BCUT2D eigenvalue weighted by Gasteiger charge is -2.16. The molecular weight excluding hydrogens is 304 g/mol. The summed E-state index contributed by atoms with van der Waals surface area (Å²) in [6, 6.07) is 10.1. The van der Waals surface area contributed by atoms with Gasteiger partial charge < -0.3 is 10.1 Å². The minimum atomic E-state index is -0.655. The molecule has 1 amide bonds. The van der Waals surface area contributed by atoms with Gasteiger partial charge in [-0.15, -0.1) is 0 Å². The molecule has 5 nitrogen and oxygen atoms in total. The molecule has 0 atom stereocenters. The van der Waals surface area contributed by atoms with Gasteiger partial charge in [-0.3, -0.25) is 0 Å². The Bertz CT molecular complexity index is 678. The van der Waals surface area contributed by atoms with Gasteiger partial charge in [0.15, 0.2) is 0 Å². The molecule has 23 heavy (non-hydrogen) atoms. The molecule has 0 saturated carbocycles. The fourth-order valence-corrected chi connectivity index (χ4v) is 1.90. The van der Waals surface area contributed by atoms with Crippen LogP contribution in [0, 0.1) is 11.6 Å². The SMILES string of the molecule is CCOC(=O)N(N)c1ccc(CNc2ccc(F)cc2F)cc1. The number of nitrogens with zero attached hydrogens (tertiary/aromatic N) is 1. The van der Waals surface area contributed by atoms with Crippen LogP contribution in [0.25, 0.3) is 0 Å². The third kappa shape index (κ3) is 4.40. The first-order chi connectivity index (χ1) is 11.0. The molecule has 122 valence electrons. The van der Waals surface area contributed by atoms with E-state index in [-0.39, 0.29) is 12.3 Å². The van der Waals surface area contributed by atoms with Gasteiger partial charge in [0.05, 0.1) is 18.0 Å². The first kappa shape index (κ1) is 16.7. The molecular formula is C16H17F2N3O2. The highest BCUT2D eigenvalue weighted by molar-refractivity contribution is 5.86. The normalized spacial score (nSPS) is 10.3. The Morgan fingerprint density at radius 1 is 1.22 bits per heavy atom. The molecule has 0 fully saturated rings. The third-order valence-corrected chi connectivity index (χ3v) is 3.09. The number of halogens is 2. The average Bonchev–Trinajstić information content (AvgIpc) is 2.54. The van der Waals surface area contributed by atoms with E-state index in [0.717, 1.165) is 16.6 Å². The summed E-state index contributed by atoms with van der Waals surface area (Å²) in [5.41, 5.74) is 1.53. The van der Waals surface area contributed by atoms with Gasteiger partial charge in [-0.1, -0.05) is 12.1 Å². The van der Waals surface area contributed by atoms with Crippen LogP contribution in [0.4, 0.5) is 25.0 Å². The van der Waals surface area contributed by atoms with Gasteiger partial charge in [-0.2, -0.15) is 0 Å². The topological polar surface area (TPSA) is 67.6 Å². The number of carbonyl (C=O) groups excluding carboxylic acids is 1. The number of hydrazine groups is 1. The molecule has 2 aromatic rings. The van der Waals surface area contributed by atoms with Crippen molar-refractivity contribution in [2.45, 2.75) is 13.5 Å². The van der Waals surface area contributed by atoms with E-state index in [9.17, 15) is 13.6 Å². The lowest BCUT2D eigenvalue weighted by molar-refractivity contribution is 0.160. The van der Waals surface area contributed by atoms with Crippen LogP contribution in [0.15, 0.2) is 42.5 Å². The van der Waals surface area contributed by atoms with Crippen molar-refractivity contribution in [3.8, 4) is 0 Å². The van der Waals surface area contributed by atoms with E-state index >= 15 is 0 Å². The van der Waals surface area contributed by atoms with Gasteiger partial charge in [0.1, 0.15) is 11.6 Å². The summed E-state index contributed by atoms with van der Waals surface area (Å²) in [4.78, 5) is 11.5. The number of nitrogens with two attached hydrogens (primary N) is 1. The molecule has 7 heteroatoms. The van der Waals surface area contributed by atoms with Crippen LogP contribution >= 0.6 is 0 Å². The Balaban J connectivity index is 1.98. The number of nitrogens with one attached hydrogen (secondary N) is 1. The van der Waals surface area contributed by atoms with Crippen molar-refractivity contribution in [3.63, 3.8) is 0 Å². The zero-order valence-corrected chi connectivity index (χ0v) is 12.6. The van der Waals surface area contributed by atoms with Gasteiger partial charge in [0, 0.05) is 12.6 Å². The average molecular weight is 321 g/mol. The highest BCUT2D eigenvalue weighted by atomic mass is 19.1. The van der Waals surface area contributed by atoms with Gasteiger partial charge in [-0.05, 0) is 36.8 Å². The van der Waals surface area contributed by atoms with Crippen LogP contribution < -0.4 is 16.2 Å². The first-order valence-corrected chi connectivity index (χ1v) is 7.00. The van der Waals surface area contributed by atoms with Crippen molar-refractivity contribution in [3.05, 3.63) is 59.7 Å². The first-order valence-electron chi connectivity index (χ1n) is 7.00. The lowest BCUT2D eigenvalue weighted by atomic mass is 10.2. The Morgan fingerprint density at radius 3 is 2.52 bits per heavy atom. The van der Waals surface area contributed by atoms with Gasteiger partial charge in [-0.25, -0.2) is 24.4 Å². The van der Waals surface area contributed by atoms with E-state index in [2.05, 4.69) is 5.32 Å². The Morgan fingerprint density at radius 2 is 1.91 bits per heavy atom. The minimum Gasteiger partial charge on any atom is -0.449 e. The van der Waals surface area contributed by atoms with E-state index in [1.807, 2.05) is 0 Å². The Hall–Kier alpha value is -2.67. The van der Waals surface area contributed by atoms with Crippen LogP contribution in [-0.2, 0) is 11.3 Å². The van der Waals surface area contributed by atoms with Crippen LogP contribution in [0.1, 0.15) is 12.5 Å². The number of amides is 1. The number of carbonyl (C=O) groups is 1. The van der Waals surface area contributed by atoms with Crippen molar-refractivity contribution >= 4 is 17.5 Å². The van der Waals surface area contributed by atoms with E-state index in [1.54, 1.807) is 31.2 Å². The van der Waals surface area contributed by atoms with Gasteiger partial charge >= 0.3 is 6.09 Å². The molecule has 0 radical (unpaired) electrons. The molecule has 0 aliphatic carbocycles. The van der Waals surface area contributed by atoms with Crippen LogP contribution in [0.2, 0.25) is 0 Å². The van der Waals surface area contributed by atoms with Crippen molar-refractivity contribution < 1.29 is 18.3 Å². The molecule has 3 N–H and O–H groups in total. The second kappa shape index (κ2) is 7.55. The fourth-order valence-electron chi connectivity index (χ4n) is 1.90. The van der Waals surface area contributed by atoms with E-state index in [4.69, 9.17) is 10.6 Å². The van der Waals surface area contributed by atoms with E-state index in [1.165, 1.54) is 12.1 Å². The predicted octanol–water partition coefficient (Wildman–Crippen LogP) is 3.41. The monoisotopic (exact) mass is 321 g/mol. The maximum Gasteiger partial charge on any atom is 0.428 e. The maximum atomic E-state index is 13.5. The van der Waals surface area contributed by atoms with Crippen molar-refractivity contribution in [1.29, 1.82) is 0 Å². The minimum absolute atomic E-state index is 0.211. The standard InChI is InChI=1S/C16H17F2N3O2/c1-2-23-16(22)21(19)13-6-3-11(4-7-13)10-20-15-8-5-12(17)9-14(15)18/h3-9,20H,2,10,19H2,1H3. The van der Waals surface area contributed by atoms with Gasteiger partial charge in [0.2, 0.25) is 0 Å². The van der Waals surface area contributed by atoms with Crippen LogP contribution in [0.3, 0.4) is 0 Å².